The Morgan fingerprint density at radius 1 is 0.639 bits per heavy atom. The predicted octanol–water partition coefficient (Wildman–Crippen LogP) is 3.59. The van der Waals surface area contributed by atoms with E-state index in [4.69, 9.17) is 4.98 Å². The molecule has 10 heteroatoms. The maximum atomic E-state index is 13.7. The van der Waals surface area contributed by atoms with Crippen molar-refractivity contribution in [2.24, 2.45) is 0 Å². The van der Waals surface area contributed by atoms with Crippen molar-refractivity contribution in [3.05, 3.63) is 87.4 Å². The molecule has 0 fully saturated rings. The monoisotopic (exact) mass is 492 g/mol. The lowest BCUT2D eigenvalue weighted by molar-refractivity contribution is 0.483. The highest BCUT2D eigenvalue weighted by Gasteiger charge is 2.23. The summed E-state index contributed by atoms with van der Waals surface area (Å²) in [5, 5.41) is 3.47. The van der Waals surface area contributed by atoms with Crippen molar-refractivity contribution in [2.75, 3.05) is 0 Å². The molecule has 0 spiro atoms. The van der Waals surface area contributed by atoms with Gasteiger partial charge in [0.15, 0.2) is 0 Å². The third kappa shape index (κ3) is 2.20. The number of pyridine rings is 2. The van der Waals surface area contributed by atoms with Crippen molar-refractivity contribution in [1.82, 2.24) is 18.8 Å². The Kier molecular flexibility index (Phi) is 3.33. The molecule has 8 aromatic rings. The summed E-state index contributed by atoms with van der Waals surface area (Å²) < 4.78 is 35.9. The molecule has 4 heterocycles. The Labute approximate surface area is 199 Å². The highest BCUT2D eigenvalue weighted by Crippen LogP contribution is 2.36. The normalized spacial score (nSPS) is 13.0. The van der Waals surface area contributed by atoms with Crippen LogP contribution in [0.3, 0.4) is 0 Å². The van der Waals surface area contributed by atoms with Crippen molar-refractivity contribution in [3.63, 3.8) is 0 Å². The third-order valence-electron chi connectivity index (χ3n) is 6.99. The van der Waals surface area contributed by atoms with Gasteiger partial charge in [-0.25, -0.2) is 9.97 Å². The summed E-state index contributed by atoms with van der Waals surface area (Å²) in [6, 6.07) is 18.3. The van der Waals surface area contributed by atoms with Gasteiger partial charge in [-0.05, 0) is 54.6 Å². The number of para-hydroxylation sites is 2. The molecule has 0 amide bonds. The van der Waals surface area contributed by atoms with Crippen molar-refractivity contribution in [2.45, 2.75) is 4.90 Å². The van der Waals surface area contributed by atoms with Crippen molar-refractivity contribution in [3.8, 4) is 0 Å². The SMILES string of the molecule is O=c1c2ccc3c4c(ccc(c24)c2nc4ccccc4n12)c(=O)n1c2cc(S(=O)(=O)O)ccc2nc31. The van der Waals surface area contributed by atoms with Gasteiger partial charge in [-0.3, -0.25) is 22.9 Å². The Balaban J connectivity index is 1.64. The van der Waals surface area contributed by atoms with Crippen molar-refractivity contribution < 1.29 is 13.0 Å². The first-order chi connectivity index (χ1) is 17.3. The smallest absolute Gasteiger partial charge is 0.282 e. The fourth-order valence-electron chi connectivity index (χ4n) is 5.48. The van der Waals surface area contributed by atoms with Crippen LogP contribution < -0.4 is 11.1 Å². The summed E-state index contributed by atoms with van der Waals surface area (Å²) in [5.41, 5.74) is 2.31. The number of fused-ring (bicyclic) bond motifs is 8. The lowest BCUT2D eigenvalue weighted by Crippen LogP contribution is -2.16. The molecule has 0 aliphatic rings. The first kappa shape index (κ1) is 19.6. The van der Waals surface area contributed by atoms with Gasteiger partial charge in [0, 0.05) is 32.3 Å². The highest BCUT2D eigenvalue weighted by molar-refractivity contribution is 7.85. The molecule has 8 rings (SSSR count). The predicted molar refractivity (Wildman–Crippen MR) is 136 cm³/mol. The quantitative estimate of drug-likeness (QED) is 0.274. The van der Waals surface area contributed by atoms with Gasteiger partial charge < -0.3 is 0 Å². The zero-order valence-corrected chi connectivity index (χ0v) is 18.9. The maximum absolute atomic E-state index is 13.7. The van der Waals surface area contributed by atoms with Crippen LogP contribution >= 0.6 is 0 Å². The van der Waals surface area contributed by atoms with E-state index in [1.807, 2.05) is 24.3 Å². The number of aromatic nitrogens is 4. The topological polar surface area (TPSA) is 123 Å². The molecule has 0 atom stereocenters. The van der Waals surface area contributed by atoms with E-state index >= 15 is 0 Å². The van der Waals surface area contributed by atoms with Crippen LogP contribution in [-0.4, -0.2) is 31.7 Å². The summed E-state index contributed by atoms with van der Waals surface area (Å²) in [7, 11) is -4.47. The minimum absolute atomic E-state index is 0.223. The molecule has 0 bridgehead atoms. The van der Waals surface area contributed by atoms with Gasteiger partial charge in [0.05, 0.1) is 27.0 Å². The average molecular weight is 492 g/mol. The van der Waals surface area contributed by atoms with E-state index in [9.17, 15) is 22.6 Å². The van der Waals surface area contributed by atoms with Gasteiger partial charge in [0.25, 0.3) is 21.2 Å². The average Bonchev–Trinajstić information content (AvgIpc) is 3.44. The van der Waals surface area contributed by atoms with Gasteiger partial charge in [-0.2, -0.15) is 8.42 Å². The van der Waals surface area contributed by atoms with Crippen LogP contribution in [0.1, 0.15) is 0 Å². The number of hydrogen-bond donors (Lipinski definition) is 1. The minimum Gasteiger partial charge on any atom is -0.282 e. The number of nitrogens with zero attached hydrogens (tertiary/aromatic N) is 4. The van der Waals surface area contributed by atoms with Crippen LogP contribution in [0.5, 0.6) is 0 Å². The van der Waals surface area contributed by atoms with E-state index in [2.05, 4.69) is 4.98 Å². The minimum atomic E-state index is -4.47. The van der Waals surface area contributed by atoms with Crippen LogP contribution in [0, 0.1) is 0 Å². The van der Waals surface area contributed by atoms with E-state index in [1.165, 1.54) is 22.6 Å². The number of imidazole rings is 2. The fraction of sp³-hybridized carbons (Fsp3) is 0. The summed E-state index contributed by atoms with van der Waals surface area (Å²) in [5.74, 6) is 0. The van der Waals surface area contributed by atoms with Crippen LogP contribution in [0.15, 0.2) is 81.2 Å². The zero-order valence-electron chi connectivity index (χ0n) is 18.1. The van der Waals surface area contributed by atoms with Gasteiger partial charge in [-0.1, -0.05) is 12.1 Å². The van der Waals surface area contributed by atoms with Gasteiger partial charge in [-0.15, -0.1) is 0 Å². The van der Waals surface area contributed by atoms with E-state index in [0.717, 1.165) is 5.39 Å². The first-order valence-electron chi connectivity index (χ1n) is 11.0. The van der Waals surface area contributed by atoms with Gasteiger partial charge >= 0.3 is 0 Å². The summed E-state index contributed by atoms with van der Waals surface area (Å²) in [6.45, 7) is 0. The van der Waals surface area contributed by atoms with Crippen LogP contribution in [-0.2, 0) is 10.1 Å². The molecular weight excluding hydrogens is 480 g/mol. The second kappa shape index (κ2) is 6.11. The molecule has 0 saturated heterocycles. The highest BCUT2D eigenvalue weighted by atomic mass is 32.2. The van der Waals surface area contributed by atoms with Crippen LogP contribution in [0.4, 0.5) is 0 Å². The van der Waals surface area contributed by atoms with E-state index < -0.39 is 15.7 Å². The van der Waals surface area contributed by atoms with Crippen molar-refractivity contribution >= 4 is 75.8 Å². The molecule has 0 aliphatic heterocycles. The lowest BCUT2D eigenvalue weighted by atomic mass is 9.96. The first-order valence-corrected chi connectivity index (χ1v) is 12.4. The van der Waals surface area contributed by atoms with E-state index in [0.29, 0.717) is 54.8 Å². The fourth-order valence-corrected chi connectivity index (χ4v) is 5.98. The van der Waals surface area contributed by atoms with Gasteiger partial charge in [0.2, 0.25) is 0 Å². The van der Waals surface area contributed by atoms with Gasteiger partial charge in [0.1, 0.15) is 11.3 Å². The second-order valence-corrected chi connectivity index (χ2v) is 10.3. The lowest BCUT2D eigenvalue weighted by Gasteiger charge is -2.12. The standard InChI is InChI=1S/C26H12N4O5S/c31-25-15-8-7-14-22-16(9-6-13(21(15)22)23-27-17-3-1-2-4-19(17)29(23)25)26(32)30-20-11-12(36(33,34)35)5-10-18(20)28-24(14)30/h1-11H,(H,33,34,35). The van der Waals surface area contributed by atoms with E-state index in [1.54, 1.807) is 28.7 Å². The molecule has 0 unspecified atom stereocenters. The second-order valence-electron chi connectivity index (χ2n) is 8.84. The summed E-state index contributed by atoms with van der Waals surface area (Å²) in [4.78, 5) is 36.4. The molecule has 1 N–H and O–H groups in total. The Morgan fingerprint density at radius 2 is 1.17 bits per heavy atom. The van der Waals surface area contributed by atoms with E-state index in [-0.39, 0.29) is 16.0 Å². The molecule has 36 heavy (non-hydrogen) atoms. The molecule has 4 aromatic heterocycles. The number of hydrogen-bond acceptors (Lipinski definition) is 6. The maximum Gasteiger partial charge on any atom is 0.294 e. The molecule has 0 saturated carbocycles. The molecule has 4 aromatic carbocycles. The summed E-state index contributed by atoms with van der Waals surface area (Å²) in [6.07, 6.45) is 0. The number of rotatable bonds is 1. The molecule has 172 valence electrons. The number of benzene rings is 4. The van der Waals surface area contributed by atoms with Crippen molar-refractivity contribution in [1.29, 1.82) is 0 Å². The Morgan fingerprint density at radius 3 is 1.78 bits per heavy atom. The van der Waals surface area contributed by atoms with Crippen LogP contribution in [0.2, 0.25) is 0 Å². The zero-order chi connectivity index (χ0) is 24.5. The molecule has 0 radical (unpaired) electrons. The summed E-state index contributed by atoms with van der Waals surface area (Å²) >= 11 is 0. The van der Waals surface area contributed by atoms with Crippen LogP contribution in [0.25, 0.3) is 65.7 Å². The third-order valence-corrected chi connectivity index (χ3v) is 7.84. The Hall–Kier alpha value is -4.67. The molecule has 9 nitrogen and oxygen atoms in total. The largest absolute Gasteiger partial charge is 0.294 e. The molecule has 0 aliphatic carbocycles. The Bertz CT molecular complexity index is 2500. The molecular formula is C26H12N4O5S.